The predicted molar refractivity (Wildman–Crippen MR) is 121 cm³/mol. The standard InChI is InChI=1S/C25H23ClN2O3/c1-15-4-6-16(7-5-15)25-28-21(19-13-18(26)9-11-22(19)31-25)14-20(27-28)17-8-10-23(29-2)24(12-17)30-3/h4-13,21,25H,14H2,1-3H3/t21-,25-/m1/s1. The summed E-state index contributed by atoms with van der Waals surface area (Å²) in [6.45, 7) is 2.08. The van der Waals surface area contributed by atoms with Crippen LogP contribution in [0.25, 0.3) is 0 Å². The van der Waals surface area contributed by atoms with E-state index < -0.39 is 0 Å². The third-order valence-electron chi connectivity index (χ3n) is 5.83. The second-order valence-electron chi connectivity index (χ2n) is 7.78. The van der Waals surface area contributed by atoms with Gasteiger partial charge in [0.2, 0.25) is 6.23 Å². The van der Waals surface area contributed by atoms with Crippen molar-refractivity contribution in [3.8, 4) is 17.2 Å². The van der Waals surface area contributed by atoms with Crippen LogP contribution in [0.5, 0.6) is 17.2 Å². The molecule has 0 saturated carbocycles. The number of fused-ring (bicyclic) bond motifs is 3. The minimum atomic E-state index is -0.308. The summed E-state index contributed by atoms with van der Waals surface area (Å²) in [5.41, 5.74) is 5.29. The lowest BCUT2D eigenvalue weighted by molar-refractivity contribution is -0.0190. The summed E-state index contributed by atoms with van der Waals surface area (Å²) in [5.74, 6) is 2.22. The largest absolute Gasteiger partial charge is 0.493 e. The Balaban J connectivity index is 1.58. The van der Waals surface area contributed by atoms with Crippen molar-refractivity contribution in [1.82, 2.24) is 5.01 Å². The number of benzene rings is 3. The maximum Gasteiger partial charge on any atom is 0.213 e. The molecule has 3 aromatic carbocycles. The van der Waals surface area contributed by atoms with Crippen LogP contribution in [0.4, 0.5) is 0 Å². The predicted octanol–water partition coefficient (Wildman–Crippen LogP) is 5.91. The van der Waals surface area contributed by atoms with Gasteiger partial charge in [-0.05, 0) is 43.3 Å². The number of hydrazone groups is 1. The fourth-order valence-corrected chi connectivity index (χ4v) is 4.38. The average Bonchev–Trinajstić information content (AvgIpc) is 3.24. The first kappa shape index (κ1) is 19.8. The third-order valence-corrected chi connectivity index (χ3v) is 6.07. The van der Waals surface area contributed by atoms with Gasteiger partial charge in [-0.25, -0.2) is 5.01 Å². The van der Waals surface area contributed by atoms with E-state index in [1.165, 1.54) is 5.56 Å². The Hall–Kier alpha value is -3.18. The first-order chi connectivity index (χ1) is 15.1. The highest BCUT2D eigenvalue weighted by molar-refractivity contribution is 6.30. The molecule has 0 radical (unpaired) electrons. The maximum atomic E-state index is 6.41. The first-order valence-electron chi connectivity index (χ1n) is 10.2. The van der Waals surface area contributed by atoms with Crippen LogP contribution in [0.15, 0.2) is 65.8 Å². The fraction of sp³-hybridized carbons (Fsp3) is 0.240. The van der Waals surface area contributed by atoms with Gasteiger partial charge in [-0.2, -0.15) is 5.10 Å². The summed E-state index contributed by atoms with van der Waals surface area (Å²) in [6.07, 6.45) is 0.436. The van der Waals surface area contributed by atoms with Crippen LogP contribution < -0.4 is 14.2 Å². The Morgan fingerprint density at radius 1 is 0.968 bits per heavy atom. The van der Waals surface area contributed by atoms with Gasteiger partial charge >= 0.3 is 0 Å². The maximum absolute atomic E-state index is 6.41. The van der Waals surface area contributed by atoms with Gasteiger partial charge in [0.15, 0.2) is 11.5 Å². The quantitative estimate of drug-likeness (QED) is 0.512. The molecule has 0 aliphatic carbocycles. The summed E-state index contributed by atoms with van der Waals surface area (Å²) < 4.78 is 17.3. The second-order valence-corrected chi connectivity index (χ2v) is 8.22. The van der Waals surface area contributed by atoms with E-state index in [-0.39, 0.29) is 12.3 Å². The normalized spacial score (nSPS) is 19.2. The zero-order valence-electron chi connectivity index (χ0n) is 17.6. The molecule has 158 valence electrons. The van der Waals surface area contributed by atoms with Crippen molar-refractivity contribution >= 4 is 17.3 Å². The number of hydrogen-bond donors (Lipinski definition) is 0. The molecule has 0 spiro atoms. The number of aryl methyl sites for hydroxylation is 1. The van der Waals surface area contributed by atoms with Crippen molar-refractivity contribution in [3.05, 3.63) is 87.9 Å². The van der Waals surface area contributed by atoms with Gasteiger partial charge in [0.1, 0.15) is 5.75 Å². The van der Waals surface area contributed by atoms with E-state index in [9.17, 15) is 0 Å². The van der Waals surface area contributed by atoms with Crippen molar-refractivity contribution < 1.29 is 14.2 Å². The lowest BCUT2D eigenvalue weighted by Crippen LogP contribution is -2.33. The lowest BCUT2D eigenvalue weighted by atomic mass is 9.95. The van der Waals surface area contributed by atoms with Crippen molar-refractivity contribution in [3.63, 3.8) is 0 Å². The van der Waals surface area contributed by atoms with Crippen LogP contribution in [-0.2, 0) is 0 Å². The number of nitrogens with zero attached hydrogens (tertiary/aromatic N) is 2. The van der Waals surface area contributed by atoms with Crippen LogP contribution in [-0.4, -0.2) is 24.9 Å². The van der Waals surface area contributed by atoms with Crippen molar-refractivity contribution in [1.29, 1.82) is 0 Å². The highest BCUT2D eigenvalue weighted by Crippen LogP contribution is 2.48. The molecule has 0 aromatic heterocycles. The van der Waals surface area contributed by atoms with Crippen LogP contribution in [0, 0.1) is 6.92 Å². The molecular formula is C25H23ClN2O3. The minimum absolute atomic E-state index is 0.0387. The summed E-state index contributed by atoms with van der Waals surface area (Å²) in [6, 6.07) is 20.1. The number of halogens is 1. The molecule has 0 fully saturated rings. The van der Waals surface area contributed by atoms with Crippen LogP contribution in [0.2, 0.25) is 5.02 Å². The highest BCUT2D eigenvalue weighted by atomic mass is 35.5. The van der Waals surface area contributed by atoms with E-state index in [0.717, 1.165) is 34.6 Å². The third kappa shape index (κ3) is 3.49. The molecule has 2 aliphatic heterocycles. The SMILES string of the molecule is COc1ccc(C2=NN3[C@H](C2)c2cc(Cl)ccc2O[C@@H]3c2ccc(C)cc2)cc1OC. The van der Waals surface area contributed by atoms with Crippen LogP contribution >= 0.6 is 11.6 Å². The van der Waals surface area contributed by atoms with Crippen molar-refractivity contribution in [2.75, 3.05) is 14.2 Å². The number of ether oxygens (including phenoxy) is 3. The minimum Gasteiger partial charge on any atom is -0.493 e. The zero-order chi connectivity index (χ0) is 21.5. The van der Waals surface area contributed by atoms with E-state index in [1.807, 2.05) is 36.4 Å². The summed E-state index contributed by atoms with van der Waals surface area (Å²) in [4.78, 5) is 0. The van der Waals surface area contributed by atoms with E-state index in [1.54, 1.807) is 14.2 Å². The van der Waals surface area contributed by atoms with Gasteiger partial charge in [-0.1, -0.05) is 41.4 Å². The smallest absolute Gasteiger partial charge is 0.213 e. The number of hydrogen-bond acceptors (Lipinski definition) is 5. The van der Waals surface area contributed by atoms with Crippen LogP contribution in [0.1, 0.15) is 40.9 Å². The molecule has 0 N–H and O–H groups in total. The number of rotatable bonds is 4. The Bertz CT molecular complexity index is 1160. The molecule has 0 saturated heterocycles. The Morgan fingerprint density at radius 2 is 1.74 bits per heavy atom. The van der Waals surface area contributed by atoms with Crippen molar-refractivity contribution in [2.24, 2.45) is 5.10 Å². The molecule has 5 rings (SSSR count). The van der Waals surface area contributed by atoms with Gasteiger partial charge in [0, 0.05) is 28.1 Å². The molecule has 2 aliphatic rings. The van der Waals surface area contributed by atoms with Gasteiger partial charge in [0.05, 0.1) is 26.0 Å². The van der Waals surface area contributed by atoms with E-state index in [4.69, 9.17) is 30.9 Å². The van der Waals surface area contributed by atoms with E-state index in [0.29, 0.717) is 16.5 Å². The Labute approximate surface area is 186 Å². The molecular weight excluding hydrogens is 412 g/mol. The van der Waals surface area contributed by atoms with Gasteiger partial charge in [0.25, 0.3) is 0 Å². The number of methoxy groups -OCH3 is 2. The molecule has 3 aromatic rings. The van der Waals surface area contributed by atoms with E-state index >= 15 is 0 Å². The average molecular weight is 435 g/mol. The zero-order valence-corrected chi connectivity index (χ0v) is 18.4. The monoisotopic (exact) mass is 434 g/mol. The summed E-state index contributed by atoms with van der Waals surface area (Å²) in [5, 5.41) is 7.75. The van der Waals surface area contributed by atoms with Crippen molar-refractivity contribution in [2.45, 2.75) is 25.6 Å². The molecule has 2 heterocycles. The molecule has 31 heavy (non-hydrogen) atoms. The highest BCUT2D eigenvalue weighted by Gasteiger charge is 2.41. The molecule has 5 nitrogen and oxygen atoms in total. The Kier molecular flexibility index (Phi) is 4.98. The molecule has 0 bridgehead atoms. The second kappa shape index (κ2) is 7.82. The molecule has 0 unspecified atom stereocenters. The Morgan fingerprint density at radius 3 is 2.48 bits per heavy atom. The first-order valence-corrected chi connectivity index (χ1v) is 10.6. The molecule has 0 amide bonds. The van der Waals surface area contributed by atoms with Gasteiger partial charge < -0.3 is 14.2 Å². The van der Waals surface area contributed by atoms with Gasteiger partial charge in [-0.15, -0.1) is 0 Å². The topological polar surface area (TPSA) is 43.3 Å². The lowest BCUT2D eigenvalue weighted by Gasteiger charge is -2.38. The van der Waals surface area contributed by atoms with E-state index in [2.05, 4.69) is 36.2 Å². The molecule has 2 atom stereocenters. The molecule has 6 heteroatoms. The van der Waals surface area contributed by atoms with Gasteiger partial charge in [-0.3, -0.25) is 0 Å². The van der Waals surface area contributed by atoms with Crippen LogP contribution in [0.3, 0.4) is 0 Å². The fourth-order valence-electron chi connectivity index (χ4n) is 4.20. The summed E-state index contributed by atoms with van der Waals surface area (Å²) in [7, 11) is 3.27. The summed E-state index contributed by atoms with van der Waals surface area (Å²) >= 11 is 6.32.